The molecule has 10 atom stereocenters. The van der Waals surface area contributed by atoms with E-state index in [-0.39, 0.29) is 17.0 Å². The van der Waals surface area contributed by atoms with Gasteiger partial charge in [-0.05, 0) is 0 Å². The molecule has 0 bridgehead atoms. The number of phosphoric acid groups is 1. The maximum absolute atomic E-state index is 15.8. The second-order valence-electron chi connectivity index (χ2n) is 9.29. The number of nitrogens with zero attached hydrogens (tertiary/aromatic N) is 5. The van der Waals surface area contributed by atoms with Crippen LogP contribution in [0.15, 0.2) is 34.5 Å². The molecule has 6 heterocycles. The summed E-state index contributed by atoms with van der Waals surface area (Å²) in [6, 6.07) is 0.927. The van der Waals surface area contributed by atoms with Gasteiger partial charge >= 0.3 is 20.3 Å². The van der Waals surface area contributed by atoms with Crippen LogP contribution in [0.2, 0.25) is 0 Å². The minimum atomic E-state index is -5.12. The summed E-state index contributed by atoms with van der Waals surface area (Å²) in [5.41, 5.74) is 4.19. The molecule has 228 valence electrons. The molecule has 3 aliphatic heterocycles. The zero-order chi connectivity index (χ0) is 30.0. The standard InChI is InChI=1S/C19H21F2N7O11P2S/c20-10-13-8(37-18(10)28-6-25-12-15(22)23-5-24-16(12)28)4-35-41(33,42)39-14-7(3-34-40(31,32)38-13)36-17(11(14)21)27-2-1-9(29)26-19(27)30/h1-2,5-8,10-11,13-14,17-18H,3-4H2,(H,31,32)(H,33,42)(H2,22,23,24)(H,26,29,30)/t7-,8-,10-,11-,13-,14-,17-,18-,41?/m1/s1. The van der Waals surface area contributed by atoms with Crippen LogP contribution in [0.5, 0.6) is 0 Å². The molecule has 0 spiro atoms. The highest BCUT2D eigenvalue weighted by Gasteiger charge is 2.54. The molecule has 23 heteroatoms. The van der Waals surface area contributed by atoms with Gasteiger partial charge in [0.05, 0.1) is 19.5 Å². The molecule has 18 nitrogen and oxygen atoms in total. The Morgan fingerprint density at radius 1 is 1.00 bits per heavy atom. The van der Waals surface area contributed by atoms with E-state index in [1.165, 1.54) is 0 Å². The maximum atomic E-state index is 15.8. The third-order valence-electron chi connectivity index (χ3n) is 6.63. The Morgan fingerprint density at radius 3 is 2.33 bits per heavy atom. The molecular formula is C19H21F2N7O11P2S. The number of alkyl halides is 2. The molecule has 3 aliphatic rings. The summed E-state index contributed by atoms with van der Waals surface area (Å²) in [5.74, 6) is 0.00579. The van der Waals surface area contributed by atoms with Crippen molar-refractivity contribution < 1.29 is 50.4 Å². The number of H-pyrrole nitrogens is 1. The molecular weight excluding hydrogens is 634 g/mol. The number of halogens is 2. The average Bonchev–Trinajstić information content (AvgIpc) is 3.57. The van der Waals surface area contributed by atoms with Gasteiger partial charge in [-0.2, -0.15) is 0 Å². The van der Waals surface area contributed by atoms with Gasteiger partial charge in [0.1, 0.15) is 36.3 Å². The normalized spacial score (nSPS) is 39.3. The number of fused-ring (bicyclic) bond motifs is 3. The van der Waals surface area contributed by atoms with Gasteiger partial charge in [-0.1, -0.05) is 12.2 Å². The molecule has 3 aromatic heterocycles. The number of hydrogen-bond acceptors (Lipinski definition) is 14. The first-order chi connectivity index (χ1) is 19.8. The number of aromatic amines is 1. The number of ether oxygens (including phenoxy) is 2. The van der Waals surface area contributed by atoms with Gasteiger partial charge in [-0.3, -0.25) is 37.0 Å². The number of imidazole rings is 1. The third kappa shape index (κ3) is 5.45. The van der Waals surface area contributed by atoms with E-state index >= 15 is 8.78 Å². The summed E-state index contributed by atoms with van der Waals surface area (Å²) in [7, 11) is -5.12. The van der Waals surface area contributed by atoms with Crippen molar-refractivity contribution in [3.05, 3.63) is 45.8 Å². The molecule has 0 saturated carbocycles. The SMILES string of the molecule is Nc1ncnc2c1ncn2[C@@H]1O[C@@H]2COP(=O)(S)O[C@H]3[C@@H](F)[C@H](n4ccc(=O)[nH]c4=O)O[C@@H]3COP(=O)(O)O[C@H]2[C@H]1F. The lowest BCUT2D eigenvalue weighted by Crippen LogP contribution is -2.37. The Balaban J connectivity index is 1.28. The molecule has 4 N–H and O–H groups in total. The van der Waals surface area contributed by atoms with Crippen molar-refractivity contribution >= 4 is 43.9 Å². The van der Waals surface area contributed by atoms with Crippen LogP contribution in [0, 0.1) is 0 Å². The Hall–Kier alpha value is -2.58. The molecule has 3 fully saturated rings. The number of hydrogen-bond donors (Lipinski definition) is 4. The van der Waals surface area contributed by atoms with Gasteiger partial charge in [0.15, 0.2) is 36.3 Å². The highest BCUT2D eigenvalue weighted by molar-refractivity contribution is 8.44. The molecule has 0 amide bonds. The van der Waals surface area contributed by atoms with Crippen LogP contribution in [0.1, 0.15) is 12.5 Å². The summed E-state index contributed by atoms with van der Waals surface area (Å²) in [6.45, 7) is -6.17. The Bertz CT molecular complexity index is 1730. The number of anilines is 1. The van der Waals surface area contributed by atoms with Gasteiger partial charge < -0.3 is 20.1 Å². The van der Waals surface area contributed by atoms with E-state index in [2.05, 4.69) is 27.2 Å². The molecule has 6 rings (SSSR count). The van der Waals surface area contributed by atoms with Gasteiger partial charge in [-0.25, -0.2) is 37.7 Å². The van der Waals surface area contributed by atoms with E-state index in [1.54, 1.807) is 0 Å². The van der Waals surface area contributed by atoms with E-state index in [0.29, 0.717) is 4.57 Å². The van der Waals surface area contributed by atoms with Crippen molar-refractivity contribution in [1.82, 2.24) is 29.1 Å². The average molecular weight is 655 g/mol. The first-order valence-corrected chi connectivity index (χ1v) is 16.2. The van der Waals surface area contributed by atoms with Crippen LogP contribution < -0.4 is 17.0 Å². The Kier molecular flexibility index (Phi) is 7.62. The lowest BCUT2D eigenvalue weighted by atomic mass is 10.1. The van der Waals surface area contributed by atoms with Gasteiger partial charge in [-0.15, -0.1) is 0 Å². The highest BCUT2D eigenvalue weighted by Crippen LogP contribution is 2.58. The predicted molar refractivity (Wildman–Crippen MR) is 137 cm³/mol. The van der Waals surface area contributed by atoms with Crippen molar-refractivity contribution in [1.29, 1.82) is 0 Å². The summed E-state index contributed by atoms with van der Waals surface area (Å²) < 4.78 is 91.0. The molecule has 2 unspecified atom stereocenters. The van der Waals surface area contributed by atoms with Crippen LogP contribution in [0.3, 0.4) is 0 Å². The molecule has 0 aliphatic carbocycles. The lowest BCUT2D eigenvalue weighted by molar-refractivity contribution is -0.0619. The maximum Gasteiger partial charge on any atom is 0.472 e. The van der Waals surface area contributed by atoms with E-state index < -0.39 is 88.3 Å². The first-order valence-electron chi connectivity index (χ1n) is 12.0. The van der Waals surface area contributed by atoms with Crippen molar-refractivity contribution in [3.8, 4) is 0 Å². The number of nitrogens with two attached hydrogens (primary N) is 1. The first kappa shape index (κ1) is 29.5. The van der Waals surface area contributed by atoms with Gasteiger partial charge in [0.2, 0.25) is 0 Å². The van der Waals surface area contributed by atoms with Crippen LogP contribution in [0.4, 0.5) is 14.6 Å². The van der Waals surface area contributed by atoms with Crippen molar-refractivity contribution in [3.63, 3.8) is 0 Å². The lowest BCUT2D eigenvalue weighted by Gasteiger charge is -2.27. The second kappa shape index (κ2) is 10.8. The van der Waals surface area contributed by atoms with Crippen molar-refractivity contribution in [2.75, 3.05) is 18.9 Å². The van der Waals surface area contributed by atoms with Gasteiger partial charge in [0, 0.05) is 12.3 Å². The van der Waals surface area contributed by atoms with E-state index in [9.17, 15) is 23.6 Å². The summed E-state index contributed by atoms with van der Waals surface area (Å²) in [6.07, 6.45) is -11.2. The Labute approximate surface area is 237 Å². The number of nitrogen functional groups attached to an aromatic ring is 1. The number of nitrogens with one attached hydrogen (secondary N) is 1. The zero-order valence-corrected chi connectivity index (χ0v) is 23.5. The number of aromatic nitrogens is 6. The van der Waals surface area contributed by atoms with Crippen LogP contribution >= 0.6 is 26.9 Å². The smallest absolute Gasteiger partial charge is 0.382 e. The fraction of sp³-hybridized carbons (Fsp3) is 0.526. The van der Waals surface area contributed by atoms with E-state index in [4.69, 9.17) is 33.3 Å². The van der Waals surface area contributed by atoms with Crippen LogP contribution in [-0.2, 0) is 36.7 Å². The Morgan fingerprint density at radius 2 is 1.64 bits per heavy atom. The van der Waals surface area contributed by atoms with Crippen LogP contribution in [-0.4, -0.2) is 83.9 Å². The minimum Gasteiger partial charge on any atom is -0.382 e. The molecule has 42 heavy (non-hydrogen) atoms. The summed E-state index contributed by atoms with van der Waals surface area (Å²) in [4.78, 5) is 47.8. The quantitative estimate of drug-likeness (QED) is 0.216. The number of thiol groups is 1. The number of phosphoric ester groups is 1. The van der Waals surface area contributed by atoms with Crippen LogP contribution in [0.25, 0.3) is 11.2 Å². The fourth-order valence-corrected chi connectivity index (χ4v) is 7.18. The summed E-state index contributed by atoms with van der Waals surface area (Å²) in [5, 5.41) is 0. The molecule has 0 radical (unpaired) electrons. The third-order valence-corrected chi connectivity index (χ3v) is 9.23. The summed E-state index contributed by atoms with van der Waals surface area (Å²) >= 11 is 3.87. The molecule has 3 aromatic rings. The zero-order valence-electron chi connectivity index (χ0n) is 20.8. The predicted octanol–water partition coefficient (Wildman–Crippen LogP) is 0.385. The number of rotatable bonds is 2. The fourth-order valence-electron chi connectivity index (χ4n) is 4.74. The minimum absolute atomic E-state index is 0.00579. The highest BCUT2D eigenvalue weighted by atomic mass is 32.7. The largest absolute Gasteiger partial charge is 0.472 e. The van der Waals surface area contributed by atoms with Gasteiger partial charge in [0.25, 0.3) is 5.56 Å². The monoisotopic (exact) mass is 655 g/mol. The topological polar surface area (TPSA) is 234 Å². The van der Waals surface area contributed by atoms with E-state index in [0.717, 1.165) is 29.5 Å². The van der Waals surface area contributed by atoms with Crippen molar-refractivity contribution in [2.24, 2.45) is 0 Å². The molecule has 0 aromatic carbocycles. The molecule has 3 saturated heterocycles. The second-order valence-corrected chi connectivity index (χ2v) is 13.6. The van der Waals surface area contributed by atoms with Crippen molar-refractivity contribution in [2.45, 2.75) is 49.2 Å². The van der Waals surface area contributed by atoms with E-state index in [1.807, 2.05) is 4.98 Å².